The summed E-state index contributed by atoms with van der Waals surface area (Å²) in [5.74, 6) is 0.455. The summed E-state index contributed by atoms with van der Waals surface area (Å²) in [5.41, 5.74) is 2.92. The van der Waals surface area contributed by atoms with Crippen molar-refractivity contribution in [1.29, 1.82) is 0 Å². The number of carbonyl (C=O) groups excluding carboxylic acids is 1. The quantitative estimate of drug-likeness (QED) is 0.491. The maximum absolute atomic E-state index is 13.2. The van der Waals surface area contributed by atoms with Crippen LogP contribution in [0.3, 0.4) is 0 Å². The fourth-order valence-electron chi connectivity index (χ4n) is 3.90. The predicted octanol–water partition coefficient (Wildman–Crippen LogP) is 3.39. The van der Waals surface area contributed by atoms with Crippen LogP contribution in [0.15, 0.2) is 52.3 Å². The molecule has 1 amide bonds. The van der Waals surface area contributed by atoms with E-state index in [9.17, 15) is 14.4 Å². The molecule has 0 saturated heterocycles. The summed E-state index contributed by atoms with van der Waals surface area (Å²) in [4.78, 5) is 41.3. The molecule has 0 aliphatic rings. The summed E-state index contributed by atoms with van der Waals surface area (Å²) in [7, 11) is 3.29. The fraction of sp³-hybridized carbons (Fsp3) is 0.240. The van der Waals surface area contributed by atoms with E-state index in [0.717, 1.165) is 11.1 Å². The molecule has 3 aromatic heterocycles. The van der Waals surface area contributed by atoms with Crippen molar-refractivity contribution in [2.24, 2.45) is 14.1 Å². The molecular formula is C25H26N4O4. The number of ether oxygens (including phenoxy) is 1. The number of hydrogen-bond donors (Lipinski definition) is 2. The molecule has 0 bridgehead atoms. The summed E-state index contributed by atoms with van der Waals surface area (Å²) >= 11 is 0. The largest absolute Gasteiger partial charge is 0.450 e. The minimum Gasteiger partial charge on any atom is -0.450 e. The van der Waals surface area contributed by atoms with Crippen LogP contribution in [-0.2, 0) is 14.1 Å². The normalized spacial score (nSPS) is 11.1. The van der Waals surface area contributed by atoms with Crippen LogP contribution in [-0.4, -0.2) is 26.6 Å². The number of aromatic amines is 1. The van der Waals surface area contributed by atoms with E-state index in [1.807, 2.05) is 39.0 Å². The van der Waals surface area contributed by atoms with Crippen LogP contribution in [0.2, 0.25) is 0 Å². The van der Waals surface area contributed by atoms with Crippen molar-refractivity contribution >= 4 is 16.8 Å². The lowest BCUT2D eigenvalue weighted by molar-refractivity contribution is 0.0951. The topological polar surface area (TPSA) is 98.1 Å². The van der Waals surface area contributed by atoms with Crippen LogP contribution in [0.5, 0.6) is 11.5 Å². The van der Waals surface area contributed by atoms with Crippen molar-refractivity contribution in [1.82, 2.24) is 19.4 Å². The van der Waals surface area contributed by atoms with Crippen LogP contribution < -0.4 is 21.2 Å². The molecule has 3 heterocycles. The number of para-hydroxylation sites is 1. The first-order valence-corrected chi connectivity index (χ1v) is 10.7. The molecule has 0 saturated carbocycles. The summed E-state index contributed by atoms with van der Waals surface area (Å²) < 4.78 is 9.11. The number of aromatic nitrogens is 3. The van der Waals surface area contributed by atoms with E-state index in [1.54, 1.807) is 38.6 Å². The van der Waals surface area contributed by atoms with Gasteiger partial charge in [-0.1, -0.05) is 18.2 Å². The van der Waals surface area contributed by atoms with Crippen molar-refractivity contribution in [2.75, 3.05) is 6.54 Å². The molecule has 0 unspecified atom stereocenters. The molecule has 0 fully saturated rings. The van der Waals surface area contributed by atoms with Gasteiger partial charge in [-0.05, 0) is 44.0 Å². The SMILES string of the molecule is CCNC(=O)c1cc2c(-c3ccn(C)c(=O)c3Oc3c(C)cccc3C)cn(C)c(=O)c2[nH]1. The highest BCUT2D eigenvalue weighted by Gasteiger charge is 2.21. The van der Waals surface area contributed by atoms with Crippen LogP contribution in [0.25, 0.3) is 22.0 Å². The number of pyridine rings is 2. The van der Waals surface area contributed by atoms with Gasteiger partial charge in [0.2, 0.25) is 0 Å². The van der Waals surface area contributed by atoms with Gasteiger partial charge >= 0.3 is 0 Å². The van der Waals surface area contributed by atoms with Crippen LogP contribution in [0.1, 0.15) is 28.5 Å². The molecular weight excluding hydrogens is 420 g/mol. The molecule has 0 atom stereocenters. The number of fused-ring (bicyclic) bond motifs is 1. The van der Waals surface area contributed by atoms with E-state index in [2.05, 4.69) is 10.3 Å². The number of nitrogens with one attached hydrogen (secondary N) is 2. The van der Waals surface area contributed by atoms with Crippen molar-refractivity contribution in [3.63, 3.8) is 0 Å². The Bertz CT molecular complexity index is 1490. The average Bonchev–Trinajstić information content (AvgIpc) is 3.23. The molecule has 2 N–H and O–H groups in total. The van der Waals surface area contributed by atoms with E-state index in [-0.39, 0.29) is 34.0 Å². The maximum atomic E-state index is 13.2. The molecule has 8 nitrogen and oxygen atoms in total. The maximum Gasteiger partial charge on any atom is 0.293 e. The summed E-state index contributed by atoms with van der Waals surface area (Å²) in [6.45, 7) is 6.12. The van der Waals surface area contributed by atoms with E-state index in [4.69, 9.17) is 4.74 Å². The molecule has 8 heteroatoms. The zero-order valence-corrected chi connectivity index (χ0v) is 19.3. The van der Waals surface area contributed by atoms with Crippen molar-refractivity contribution in [2.45, 2.75) is 20.8 Å². The molecule has 0 radical (unpaired) electrons. The molecule has 4 aromatic rings. The second-order valence-corrected chi connectivity index (χ2v) is 8.09. The Morgan fingerprint density at radius 2 is 1.70 bits per heavy atom. The Hall–Kier alpha value is -4.07. The summed E-state index contributed by atoms with van der Waals surface area (Å²) in [5, 5.41) is 3.27. The highest BCUT2D eigenvalue weighted by molar-refractivity contribution is 6.03. The molecule has 33 heavy (non-hydrogen) atoms. The van der Waals surface area contributed by atoms with Crippen molar-refractivity contribution < 1.29 is 9.53 Å². The predicted molar refractivity (Wildman–Crippen MR) is 128 cm³/mol. The minimum absolute atomic E-state index is 0.151. The van der Waals surface area contributed by atoms with Gasteiger partial charge in [-0.3, -0.25) is 14.4 Å². The summed E-state index contributed by atoms with van der Waals surface area (Å²) in [6.07, 6.45) is 3.32. The standard InChI is InChI=1S/C25H26N4O4/c1-6-26-23(30)19-12-17-18(13-29(5)24(31)20(17)27-19)16-10-11-28(4)25(32)22(16)33-21-14(2)8-7-9-15(21)3/h7-13,27H,6H2,1-5H3,(H,26,30). The zero-order chi connectivity index (χ0) is 23.9. The Balaban J connectivity index is 2.00. The van der Waals surface area contributed by atoms with Gasteiger partial charge in [0, 0.05) is 49.5 Å². The van der Waals surface area contributed by atoms with Crippen molar-refractivity contribution in [3.05, 3.63) is 80.3 Å². The molecule has 0 aliphatic carbocycles. The zero-order valence-electron chi connectivity index (χ0n) is 19.3. The van der Waals surface area contributed by atoms with Gasteiger partial charge < -0.3 is 24.2 Å². The highest BCUT2D eigenvalue weighted by Crippen LogP contribution is 2.36. The number of carbonyl (C=O) groups is 1. The number of nitrogens with zero attached hydrogens (tertiary/aromatic N) is 2. The third-order valence-corrected chi connectivity index (χ3v) is 5.67. The molecule has 0 aliphatic heterocycles. The van der Waals surface area contributed by atoms with E-state index >= 15 is 0 Å². The fourth-order valence-corrected chi connectivity index (χ4v) is 3.90. The lowest BCUT2D eigenvalue weighted by Gasteiger charge is -2.16. The first-order chi connectivity index (χ1) is 15.7. The van der Waals surface area contributed by atoms with Gasteiger partial charge in [0.15, 0.2) is 5.75 Å². The lowest BCUT2D eigenvalue weighted by Crippen LogP contribution is -2.23. The lowest BCUT2D eigenvalue weighted by atomic mass is 10.0. The van der Waals surface area contributed by atoms with Gasteiger partial charge in [-0.15, -0.1) is 0 Å². The third-order valence-electron chi connectivity index (χ3n) is 5.67. The second kappa shape index (κ2) is 8.46. The Kier molecular flexibility index (Phi) is 5.68. The van der Waals surface area contributed by atoms with Gasteiger partial charge in [0.25, 0.3) is 17.0 Å². The minimum atomic E-state index is -0.309. The average molecular weight is 447 g/mol. The molecule has 1 aromatic carbocycles. The number of rotatable bonds is 5. The van der Waals surface area contributed by atoms with E-state index in [1.165, 1.54) is 9.13 Å². The molecule has 170 valence electrons. The van der Waals surface area contributed by atoms with Gasteiger partial charge in [0.05, 0.1) is 0 Å². The van der Waals surface area contributed by atoms with Crippen molar-refractivity contribution in [3.8, 4) is 22.6 Å². The van der Waals surface area contributed by atoms with Gasteiger partial charge in [-0.2, -0.15) is 0 Å². The van der Waals surface area contributed by atoms with Crippen LogP contribution in [0.4, 0.5) is 0 Å². The Morgan fingerprint density at radius 3 is 2.36 bits per heavy atom. The Morgan fingerprint density at radius 1 is 1.00 bits per heavy atom. The summed E-state index contributed by atoms with van der Waals surface area (Å²) in [6, 6.07) is 9.19. The highest BCUT2D eigenvalue weighted by atomic mass is 16.5. The van der Waals surface area contributed by atoms with Gasteiger partial charge in [-0.25, -0.2) is 0 Å². The third kappa shape index (κ3) is 3.84. The monoisotopic (exact) mass is 446 g/mol. The number of hydrogen-bond acceptors (Lipinski definition) is 4. The first-order valence-electron chi connectivity index (χ1n) is 10.7. The van der Waals surface area contributed by atoms with E-state index < -0.39 is 0 Å². The number of H-pyrrole nitrogens is 1. The van der Waals surface area contributed by atoms with Crippen LogP contribution in [0, 0.1) is 13.8 Å². The smallest absolute Gasteiger partial charge is 0.293 e. The number of benzene rings is 1. The van der Waals surface area contributed by atoms with Crippen LogP contribution >= 0.6 is 0 Å². The number of amides is 1. The first kappa shape index (κ1) is 22.1. The molecule has 4 rings (SSSR count). The molecule has 0 spiro atoms. The van der Waals surface area contributed by atoms with Gasteiger partial charge in [0.1, 0.15) is 17.0 Å². The number of aryl methyl sites for hydroxylation is 4. The Labute approximate surface area is 190 Å². The van der Waals surface area contributed by atoms with E-state index in [0.29, 0.717) is 28.8 Å². The second-order valence-electron chi connectivity index (χ2n) is 8.09.